The van der Waals surface area contributed by atoms with Crippen LogP contribution in [-0.2, 0) is 0 Å². The summed E-state index contributed by atoms with van der Waals surface area (Å²) in [6.45, 7) is 4.21. The summed E-state index contributed by atoms with van der Waals surface area (Å²) in [5.74, 6) is 0. The molecule has 2 heteroatoms. The number of nitrogens with zero attached hydrogens (tertiary/aromatic N) is 1. The minimum atomic E-state index is 1.09. The number of rotatable bonds is 3. The van der Waals surface area contributed by atoms with Crippen LogP contribution < -0.4 is 5.43 Å². The zero-order valence-corrected chi connectivity index (χ0v) is 6.31. The molecular weight excluding hydrogens is 112 g/mol. The van der Waals surface area contributed by atoms with Crippen LogP contribution in [0.4, 0.5) is 0 Å². The van der Waals surface area contributed by atoms with Crippen LogP contribution >= 0.6 is 0 Å². The second kappa shape index (κ2) is 5.35. The summed E-state index contributed by atoms with van der Waals surface area (Å²) < 4.78 is 0. The molecule has 0 unspecified atom stereocenters. The lowest BCUT2D eigenvalue weighted by Gasteiger charge is -1.88. The van der Waals surface area contributed by atoms with E-state index >= 15 is 0 Å². The predicted octanol–water partition coefficient (Wildman–Crippen LogP) is 1.55. The van der Waals surface area contributed by atoms with Gasteiger partial charge in [-0.25, -0.2) is 0 Å². The smallest absolute Gasteiger partial charge is 0.0467 e. The van der Waals surface area contributed by atoms with Gasteiger partial charge in [0.05, 0.1) is 0 Å². The van der Waals surface area contributed by atoms with E-state index in [1.165, 1.54) is 5.57 Å². The van der Waals surface area contributed by atoms with Crippen LogP contribution in [0.5, 0.6) is 0 Å². The molecule has 0 aromatic rings. The van der Waals surface area contributed by atoms with Crippen molar-refractivity contribution in [3.8, 4) is 0 Å². The van der Waals surface area contributed by atoms with Gasteiger partial charge >= 0.3 is 0 Å². The highest BCUT2D eigenvalue weighted by atomic mass is 15.3. The van der Waals surface area contributed by atoms with Gasteiger partial charge in [-0.05, 0) is 19.4 Å². The Morgan fingerprint density at radius 2 is 2.33 bits per heavy atom. The van der Waals surface area contributed by atoms with Gasteiger partial charge in [0.2, 0.25) is 0 Å². The van der Waals surface area contributed by atoms with Crippen LogP contribution in [0.25, 0.3) is 0 Å². The van der Waals surface area contributed by atoms with Crippen LogP contribution in [0, 0.1) is 0 Å². The van der Waals surface area contributed by atoms with E-state index < -0.39 is 0 Å². The van der Waals surface area contributed by atoms with E-state index in [-0.39, 0.29) is 0 Å². The highest BCUT2D eigenvalue weighted by molar-refractivity contribution is 5.71. The summed E-state index contributed by atoms with van der Waals surface area (Å²) in [5, 5.41) is 3.81. The molecule has 52 valence electrons. The number of hydrazone groups is 1. The molecule has 0 aromatic heterocycles. The SMILES string of the molecule is CC/C(C)=C\C=N/NC. The first-order chi connectivity index (χ1) is 4.31. The minimum Gasteiger partial charge on any atom is -0.313 e. The molecule has 0 saturated heterocycles. The summed E-state index contributed by atoms with van der Waals surface area (Å²) in [4.78, 5) is 0. The van der Waals surface area contributed by atoms with Crippen LogP contribution in [0.15, 0.2) is 16.8 Å². The van der Waals surface area contributed by atoms with Gasteiger partial charge in [-0.2, -0.15) is 5.10 Å². The molecule has 0 aliphatic carbocycles. The Labute approximate surface area is 56.7 Å². The number of hydrogen-bond acceptors (Lipinski definition) is 2. The summed E-state index contributed by atoms with van der Waals surface area (Å²) in [5.41, 5.74) is 4.01. The summed E-state index contributed by atoms with van der Waals surface area (Å²) in [6.07, 6.45) is 4.85. The van der Waals surface area contributed by atoms with E-state index in [0.29, 0.717) is 0 Å². The van der Waals surface area contributed by atoms with Crippen molar-refractivity contribution in [1.82, 2.24) is 5.43 Å². The topological polar surface area (TPSA) is 24.4 Å². The van der Waals surface area contributed by atoms with Crippen LogP contribution in [0.1, 0.15) is 20.3 Å². The molecule has 1 N–H and O–H groups in total. The van der Waals surface area contributed by atoms with Gasteiger partial charge in [0, 0.05) is 13.3 Å². The van der Waals surface area contributed by atoms with E-state index in [4.69, 9.17) is 0 Å². The molecule has 0 aromatic carbocycles. The lowest BCUT2D eigenvalue weighted by atomic mass is 10.2. The molecule has 0 atom stereocenters. The molecule has 0 rings (SSSR count). The van der Waals surface area contributed by atoms with Gasteiger partial charge in [0.25, 0.3) is 0 Å². The molecule has 0 amide bonds. The maximum atomic E-state index is 3.81. The maximum Gasteiger partial charge on any atom is 0.0467 e. The summed E-state index contributed by atoms with van der Waals surface area (Å²) in [7, 11) is 1.78. The van der Waals surface area contributed by atoms with Gasteiger partial charge in [-0.3, -0.25) is 0 Å². The summed E-state index contributed by atoms with van der Waals surface area (Å²) >= 11 is 0. The van der Waals surface area contributed by atoms with Crippen molar-refractivity contribution in [2.75, 3.05) is 7.05 Å². The Morgan fingerprint density at radius 1 is 1.67 bits per heavy atom. The highest BCUT2D eigenvalue weighted by Gasteiger charge is 1.76. The van der Waals surface area contributed by atoms with Crippen LogP contribution in [0.2, 0.25) is 0 Å². The number of nitrogens with one attached hydrogen (secondary N) is 1. The Kier molecular flexibility index (Phi) is 4.88. The summed E-state index contributed by atoms with van der Waals surface area (Å²) in [6, 6.07) is 0. The molecule has 0 saturated carbocycles. The number of hydrogen-bond donors (Lipinski definition) is 1. The average Bonchev–Trinajstić information content (AvgIpc) is 1.89. The fraction of sp³-hybridized carbons (Fsp3) is 0.571. The zero-order chi connectivity index (χ0) is 7.11. The average molecular weight is 126 g/mol. The molecule has 0 spiro atoms. The van der Waals surface area contributed by atoms with E-state index in [9.17, 15) is 0 Å². The highest BCUT2D eigenvalue weighted by Crippen LogP contribution is 1.94. The largest absolute Gasteiger partial charge is 0.313 e. The van der Waals surface area contributed by atoms with Crippen molar-refractivity contribution in [2.24, 2.45) is 5.10 Å². The van der Waals surface area contributed by atoms with Crippen molar-refractivity contribution < 1.29 is 0 Å². The van der Waals surface area contributed by atoms with Gasteiger partial charge in [0.1, 0.15) is 0 Å². The molecule has 0 radical (unpaired) electrons. The lowest BCUT2D eigenvalue weighted by molar-refractivity contribution is 0.908. The molecular formula is C7H14N2. The molecule has 2 nitrogen and oxygen atoms in total. The van der Waals surface area contributed by atoms with Crippen molar-refractivity contribution >= 4 is 6.21 Å². The fourth-order valence-electron chi connectivity index (χ4n) is 0.357. The van der Waals surface area contributed by atoms with E-state index in [0.717, 1.165) is 6.42 Å². The lowest BCUT2D eigenvalue weighted by Crippen LogP contribution is -1.92. The van der Waals surface area contributed by atoms with Crippen molar-refractivity contribution in [3.63, 3.8) is 0 Å². The Hall–Kier alpha value is -0.790. The third-order valence-corrected chi connectivity index (χ3v) is 1.12. The van der Waals surface area contributed by atoms with Crippen molar-refractivity contribution in [3.05, 3.63) is 11.6 Å². The quantitative estimate of drug-likeness (QED) is 0.450. The Balaban J connectivity index is 3.55. The monoisotopic (exact) mass is 126 g/mol. The minimum absolute atomic E-state index is 1.09. The Bertz CT molecular complexity index is 114. The normalized spacial score (nSPS) is 12.6. The van der Waals surface area contributed by atoms with Gasteiger partial charge < -0.3 is 5.43 Å². The second-order valence-corrected chi connectivity index (χ2v) is 1.87. The zero-order valence-electron chi connectivity index (χ0n) is 6.31. The van der Waals surface area contributed by atoms with E-state index in [1.54, 1.807) is 13.3 Å². The fourth-order valence-corrected chi connectivity index (χ4v) is 0.357. The van der Waals surface area contributed by atoms with Crippen LogP contribution in [0.3, 0.4) is 0 Å². The third kappa shape index (κ3) is 5.07. The standard InChI is InChI=1S/C7H14N2/c1-4-7(2)5-6-9-8-3/h5-6,8H,4H2,1-3H3/b7-5-,9-6-. The molecule has 0 fully saturated rings. The Morgan fingerprint density at radius 3 is 2.78 bits per heavy atom. The van der Waals surface area contributed by atoms with Crippen LogP contribution in [-0.4, -0.2) is 13.3 Å². The maximum absolute atomic E-state index is 3.81. The first kappa shape index (κ1) is 8.21. The molecule has 0 aliphatic rings. The number of allylic oxidation sites excluding steroid dienone is 2. The third-order valence-electron chi connectivity index (χ3n) is 1.12. The van der Waals surface area contributed by atoms with E-state index in [2.05, 4.69) is 24.4 Å². The molecule has 0 heterocycles. The van der Waals surface area contributed by atoms with Gasteiger partial charge in [0.15, 0.2) is 0 Å². The van der Waals surface area contributed by atoms with E-state index in [1.807, 2.05) is 6.08 Å². The first-order valence-corrected chi connectivity index (χ1v) is 3.16. The van der Waals surface area contributed by atoms with Gasteiger partial charge in [-0.15, -0.1) is 0 Å². The second-order valence-electron chi connectivity index (χ2n) is 1.87. The molecule has 0 aliphatic heterocycles. The molecule has 0 bridgehead atoms. The van der Waals surface area contributed by atoms with Gasteiger partial charge in [-0.1, -0.05) is 12.5 Å². The predicted molar refractivity (Wildman–Crippen MR) is 41.6 cm³/mol. The van der Waals surface area contributed by atoms with Crippen molar-refractivity contribution in [1.29, 1.82) is 0 Å². The molecule has 9 heavy (non-hydrogen) atoms. The van der Waals surface area contributed by atoms with Crippen molar-refractivity contribution in [2.45, 2.75) is 20.3 Å². The first-order valence-electron chi connectivity index (χ1n) is 3.16.